The molecule has 0 saturated heterocycles. The van der Waals surface area contributed by atoms with Crippen molar-refractivity contribution in [2.24, 2.45) is 0 Å². The van der Waals surface area contributed by atoms with Crippen molar-refractivity contribution in [2.45, 2.75) is 32.2 Å². The van der Waals surface area contributed by atoms with E-state index in [4.69, 9.17) is 9.47 Å². The molecule has 0 bridgehead atoms. The van der Waals surface area contributed by atoms with Gasteiger partial charge in [-0.25, -0.2) is 0 Å². The number of rotatable bonds is 5. The van der Waals surface area contributed by atoms with E-state index in [9.17, 15) is 4.79 Å². The van der Waals surface area contributed by atoms with E-state index in [1.807, 2.05) is 6.92 Å². The molecule has 0 spiro atoms. The standard InChI is InChI=1S/C20H23NO3/c1-13(15-8-7-14-5-4-6-16(14)9-15)21-20(22)17-10-18(23-2)12-19(11-17)24-3/h7-13H,4-6H2,1-3H3,(H,21,22)/t13-/m1/s1. The SMILES string of the molecule is COc1cc(OC)cc(C(=O)N[C@H](C)c2ccc3c(c2)CCC3)c1. The number of hydrogen-bond donors (Lipinski definition) is 1. The summed E-state index contributed by atoms with van der Waals surface area (Å²) < 4.78 is 10.5. The number of fused-ring (bicyclic) bond motifs is 1. The van der Waals surface area contributed by atoms with Crippen LogP contribution >= 0.6 is 0 Å². The zero-order chi connectivity index (χ0) is 17.1. The maximum absolute atomic E-state index is 12.6. The molecule has 0 heterocycles. The minimum atomic E-state index is -0.139. The van der Waals surface area contributed by atoms with E-state index in [1.165, 1.54) is 24.0 Å². The van der Waals surface area contributed by atoms with Crippen LogP contribution in [-0.2, 0) is 12.8 Å². The average molecular weight is 325 g/mol. The first-order chi connectivity index (χ1) is 11.6. The summed E-state index contributed by atoms with van der Waals surface area (Å²) >= 11 is 0. The smallest absolute Gasteiger partial charge is 0.252 e. The molecule has 2 aromatic rings. The Balaban J connectivity index is 1.76. The van der Waals surface area contributed by atoms with Gasteiger partial charge in [0.1, 0.15) is 11.5 Å². The van der Waals surface area contributed by atoms with Crippen LogP contribution in [-0.4, -0.2) is 20.1 Å². The molecule has 0 unspecified atom stereocenters. The lowest BCUT2D eigenvalue weighted by Crippen LogP contribution is -2.26. The van der Waals surface area contributed by atoms with Gasteiger partial charge in [-0.2, -0.15) is 0 Å². The minimum absolute atomic E-state index is 0.0550. The van der Waals surface area contributed by atoms with Gasteiger partial charge in [0.15, 0.2) is 0 Å². The monoisotopic (exact) mass is 325 g/mol. The molecule has 3 rings (SSSR count). The Morgan fingerprint density at radius 2 is 1.67 bits per heavy atom. The van der Waals surface area contributed by atoms with Gasteiger partial charge in [0, 0.05) is 11.6 Å². The second kappa shape index (κ2) is 6.95. The molecule has 1 aliphatic carbocycles. The number of nitrogens with one attached hydrogen (secondary N) is 1. The number of carbonyl (C=O) groups excluding carboxylic acids is 1. The van der Waals surface area contributed by atoms with Gasteiger partial charge < -0.3 is 14.8 Å². The molecular formula is C20H23NO3. The third-order valence-corrected chi connectivity index (χ3v) is 4.58. The molecule has 1 aliphatic rings. The summed E-state index contributed by atoms with van der Waals surface area (Å²) in [6, 6.07) is 11.7. The Kier molecular flexibility index (Phi) is 4.74. The summed E-state index contributed by atoms with van der Waals surface area (Å²) in [5.74, 6) is 1.06. The van der Waals surface area contributed by atoms with E-state index in [0.29, 0.717) is 17.1 Å². The molecule has 0 aromatic heterocycles. The van der Waals surface area contributed by atoms with Gasteiger partial charge in [0.05, 0.1) is 20.3 Å². The number of aryl methyl sites for hydroxylation is 2. The van der Waals surface area contributed by atoms with Gasteiger partial charge >= 0.3 is 0 Å². The lowest BCUT2D eigenvalue weighted by molar-refractivity contribution is 0.0939. The quantitative estimate of drug-likeness (QED) is 0.912. The van der Waals surface area contributed by atoms with Crippen LogP contribution in [0.3, 0.4) is 0 Å². The fourth-order valence-electron chi connectivity index (χ4n) is 3.16. The highest BCUT2D eigenvalue weighted by Crippen LogP contribution is 2.26. The predicted molar refractivity (Wildman–Crippen MR) is 93.9 cm³/mol. The van der Waals surface area contributed by atoms with Crippen LogP contribution in [0.2, 0.25) is 0 Å². The van der Waals surface area contributed by atoms with Crippen LogP contribution in [0, 0.1) is 0 Å². The van der Waals surface area contributed by atoms with Gasteiger partial charge in [0.25, 0.3) is 5.91 Å². The van der Waals surface area contributed by atoms with Crippen molar-refractivity contribution in [1.29, 1.82) is 0 Å². The molecule has 2 aromatic carbocycles. The van der Waals surface area contributed by atoms with Crippen LogP contribution in [0.5, 0.6) is 11.5 Å². The van der Waals surface area contributed by atoms with Crippen molar-refractivity contribution in [2.75, 3.05) is 14.2 Å². The lowest BCUT2D eigenvalue weighted by atomic mass is 10.0. The molecule has 0 aliphatic heterocycles. The van der Waals surface area contributed by atoms with Crippen LogP contribution in [0.1, 0.15) is 46.4 Å². The van der Waals surface area contributed by atoms with Crippen LogP contribution in [0.15, 0.2) is 36.4 Å². The third-order valence-electron chi connectivity index (χ3n) is 4.58. The zero-order valence-electron chi connectivity index (χ0n) is 14.4. The normalized spacial score (nSPS) is 14.0. The number of benzene rings is 2. The molecule has 1 atom stereocenters. The topological polar surface area (TPSA) is 47.6 Å². The Morgan fingerprint density at radius 3 is 2.33 bits per heavy atom. The first-order valence-corrected chi connectivity index (χ1v) is 8.26. The van der Waals surface area contributed by atoms with Crippen molar-refractivity contribution < 1.29 is 14.3 Å². The number of carbonyl (C=O) groups is 1. The largest absolute Gasteiger partial charge is 0.497 e. The third kappa shape index (κ3) is 3.37. The first-order valence-electron chi connectivity index (χ1n) is 8.26. The van der Waals surface area contributed by atoms with Gasteiger partial charge in [-0.15, -0.1) is 0 Å². The van der Waals surface area contributed by atoms with Crippen LogP contribution in [0.4, 0.5) is 0 Å². The average Bonchev–Trinajstić information content (AvgIpc) is 3.08. The van der Waals surface area contributed by atoms with E-state index in [0.717, 1.165) is 12.0 Å². The molecule has 126 valence electrons. The molecule has 0 saturated carbocycles. The van der Waals surface area contributed by atoms with Crippen molar-refractivity contribution in [3.8, 4) is 11.5 Å². The fraction of sp³-hybridized carbons (Fsp3) is 0.350. The second-order valence-electron chi connectivity index (χ2n) is 6.18. The van der Waals surface area contributed by atoms with E-state index < -0.39 is 0 Å². The summed E-state index contributed by atoms with van der Waals surface area (Å²) in [4.78, 5) is 12.6. The molecule has 1 N–H and O–H groups in total. The van der Waals surface area contributed by atoms with Gasteiger partial charge in [0.2, 0.25) is 0 Å². The summed E-state index contributed by atoms with van der Waals surface area (Å²) in [7, 11) is 3.15. The highest BCUT2D eigenvalue weighted by Gasteiger charge is 2.16. The van der Waals surface area contributed by atoms with Crippen LogP contribution in [0.25, 0.3) is 0 Å². The fourth-order valence-corrected chi connectivity index (χ4v) is 3.16. The van der Waals surface area contributed by atoms with E-state index in [-0.39, 0.29) is 11.9 Å². The highest BCUT2D eigenvalue weighted by atomic mass is 16.5. The van der Waals surface area contributed by atoms with Crippen molar-refractivity contribution in [1.82, 2.24) is 5.32 Å². The van der Waals surface area contributed by atoms with E-state index in [2.05, 4.69) is 23.5 Å². The maximum atomic E-state index is 12.6. The number of amides is 1. The molecule has 1 amide bonds. The summed E-state index contributed by atoms with van der Waals surface area (Å²) in [5.41, 5.74) is 4.52. The van der Waals surface area contributed by atoms with Gasteiger partial charge in [-0.3, -0.25) is 4.79 Å². The minimum Gasteiger partial charge on any atom is -0.497 e. The van der Waals surface area contributed by atoms with Gasteiger partial charge in [-0.05, 0) is 55.0 Å². The summed E-state index contributed by atoms with van der Waals surface area (Å²) in [6.45, 7) is 2.01. The molecule has 4 heteroatoms. The Hall–Kier alpha value is -2.49. The van der Waals surface area contributed by atoms with Crippen LogP contribution < -0.4 is 14.8 Å². The van der Waals surface area contributed by atoms with E-state index in [1.54, 1.807) is 32.4 Å². The molecule has 24 heavy (non-hydrogen) atoms. The summed E-state index contributed by atoms with van der Waals surface area (Å²) in [6.07, 6.45) is 3.53. The Morgan fingerprint density at radius 1 is 1.00 bits per heavy atom. The van der Waals surface area contributed by atoms with Crippen molar-refractivity contribution in [3.05, 3.63) is 58.7 Å². The zero-order valence-corrected chi connectivity index (χ0v) is 14.4. The highest BCUT2D eigenvalue weighted by molar-refractivity contribution is 5.95. The predicted octanol–water partition coefficient (Wildman–Crippen LogP) is 3.68. The summed E-state index contributed by atoms with van der Waals surface area (Å²) in [5, 5.41) is 3.06. The number of methoxy groups -OCH3 is 2. The number of hydrogen-bond acceptors (Lipinski definition) is 3. The van der Waals surface area contributed by atoms with Crippen molar-refractivity contribution >= 4 is 5.91 Å². The molecule has 0 fully saturated rings. The Bertz CT molecular complexity index is 732. The van der Waals surface area contributed by atoms with Crippen molar-refractivity contribution in [3.63, 3.8) is 0 Å². The molecule has 4 nitrogen and oxygen atoms in total. The van der Waals surface area contributed by atoms with Gasteiger partial charge in [-0.1, -0.05) is 18.2 Å². The molecular weight excluding hydrogens is 302 g/mol. The Labute approximate surface area is 142 Å². The maximum Gasteiger partial charge on any atom is 0.252 e. The lowest BCUT2D eigenvalue weighted by Gasteiger charge is -2.16. The number of ether oxygens (including phenoxy) is 2. The second-order valence-corrected chi connectivity index (χ2v) is 6.18. The van der Waals surface area contributed by atoms with E-state index >= 15 is 0 Å². The first kappa shape index (κ1) is 16.4. The molecule has 0 radical (unpaired) electrons.